The molecule has 128 valence electrons. The summed E-state index contributed by atoms with van der Waals surface area (Å²) in [6.07, 6.45) is 1.58. The molecule has 2 fully saturated rings. The number of aromatic nitrogens is 3. The van der Waals surface area contributed by atoms with Crippen molar-refractivity contribution >= 4 is 11.9 Å². The van der Waals surface area contributed by atoms with Crippen molar-refractivity contribution in [1.82, 2.24) is 13.7 Å². The third-order valence-electron chi connectivity index (χ3n) is 4.04. The highest BCUT2D eigenvalue weighted by Crippen LogP contribution is 2.19. The Labute approximate surface area is 134 Å². The summed E-state index contributed by atoms with van der Waals surface area (Å²) in [6.45, 7) is 3.44. The van der Waals surface area contributed by atoms with Gasteiger partial charge >= 0.3 is 29.0 Å². The highest BCUT2D eigenvalue weighted by molar-refractivity contribution is 5.76. The molecular formula is C14H15N3O7. The molecule has 3 heterocycles. The third-order valence-corrected chi connectivity index (χ3v) is 4.04. The number of allylic oxidation sites excluding steroid dienone is 1. The lowest BCUT2D eigenvalue weighted by Crippen LogP contribution is -2.57. The molecule has 2 unspecified atom stereocenters. The van der Waals surface area contributed by atoms with Crippen molar-refractivity contribution in [3.63, 3.8) is 0 Å². The van der Waals surface area contributed by atoms with E-state index in [9.17, 15) is 24.0 Å². The van der Waals surface area contributed by atoms with Crippen molar-refractivity contribution in [3.8, 4) is 0 Å². The molecule has 0 aliphatic carbocycles. The van der Waals surface area contributed by atoms with Crippen LogP contribution in [0.2, 0.25) is 0 Å². The van der Waals surface area contributed by atoms with E-state index in [1.807, 2.05) is 0 Å². The standard InChI is InChI=1S/C14H15N3O7/c1-2-5-15-12(20)16(8-3-6-23-10(8)18)14(22)17(13(15)21)9-4-7-24-11(9)19/h2,8-9H,1,3-7H2. The van der Waals surface area contributed by atoms with Crippen molar-refractivity contribution in [2.45, 2.75) is 31.5 Å². The van der Waals surface area contributed by atoms with E-state index in [1.54, 1.807) is 0 Å². The molecule has 2 aliphatic heterocycles. The van der Waals surface area contributed by atoms with Crippen LogP contribution < -0.4 is 17.1 Å². The molecule has 0 amide bonds. The molecule has 3 rings (SSSR count). The average Bonchev–Trinajstić information content (AvgIpc) is 3.14. The normalized spacial score (nSPS) is 23.2. The highest BCUT2D eigenvalue weighted by Gasteiger charge is 2.37. The van der Waals surface area contributed by atoms with Crippen LogP contribution in [-0.4, -0.2) is 38.9 Å². The molecular weight excluding hydrogens is 322 g/mol. The number of hydrogen-bond donors (Lipinski definition) is 0. The predicted molar refractivity (Wildman–Crippen MR) is 78.6 cm³/mol. The fourth-order valence-electron chi connectivity index (χ4n) is 2.88. The van der Waals surface area contributed by atoms with E-state index < -0.39 is 41.1 Å². The highest BCUT2D eigenvalue weighted by atomic mass is 16.5. The molecule has 24 heavy (non-hydrogen) atoms. The molecule has 0 aromatic carbocycles. The lowest BCUT2D eigenvalue weighted by Gasteiger charge is -2.17. The number of carbonyl (C=O) groups excluding carboxylic acids is 2. The Morgan fingerprint density at radius 3 is 1.67 bits per heavy atom. The van der Waals surface area contributed by atoms with Gasteiger partial charge in [-0.25, -0.2) is 37.7 Å². The van der Waals surface area contributed by atoms with Crippen LogP contribution in [0.5, 0.6) is 0 Å². The summed E-state index contributed by atoms with van der Waals surface area (Å²) in [6, 6.07) is -2.24. The molecule has 2 atom stereocenters. The zero-order valence-electron chi connectivity index (χ0n) is 12.7. The summed E-state index contributed by atoms with van der Waals surface area (Å²) < 4.78 is 11.7. The van der Waals surface area contributed by atoms with Crippen LogP contribution >= 0.6 is 0 Å². The monoisotopic (exact) mass is 337 g/mol. The van der Waals surface area contributed by atoms with Gasteiger partial charge in [0.1, 0.15) is 12.1 Å². The number of cyclic esters (lactones) is 2. The zero-order valence-corrected chi connectivity index (χ0v) is 12.7. The van der Waals surface area contributed by atoms with Crippen molar-refractivity contribution < 1.29 is 19.1 Å². The largest absolute Gasteiger partial charge is 0.464 e. The van der Waals surface area contributed by atoms with Crippen LogP contribution in [0, 0.1) is 0 Å². The average molecular weight is 337 g/mol. The summed E-state index contributed by atoms with van der Waals surface area (Å²) in [5.41, 5.74) is -2.88. The summed E-state index contributed by atoms with van der Waals surface area (Å²) >= 11 is 0. The lowest BCUT2D eigenvalue weighted by atomic mass is 10.2. The molecule has 1 aromatic heterocycles. The number of nitrogens with zero attached hydrogens (tertiary/aromatic N) is 3. The molecule has 0 N–H and O–H groups in total. The Kier molecular flexibility index (Phi) is 3.96. The van der Waals surface area contributed by atoms with Gasteiger partial charge in [0.25, 0.3) is 0 Å². The SMILES string of the molecule is C=CCn1c(=O)n(C2CCOC2=O)c(=O)n(C2CCOC2=O)c1=O. The summed E-state index contributed by atoms with van der Waals surface area (Å²) in [5, 5.41) is 0. The summed E-state index contributed by atoms with van der Waals surface area (Å²) in [5.74, 6) is -1.45. The maximum Gasteiger partial charge on any atom is 0.337 e. The van der Waals surface area contributed by atoms with Gasteiger partial charge in [0.15, 0.2) is 0 Å². The van der Waals surface area contributed by atoms with Crippen molar-refractivity contribution in [3.05, 3.63) is 44.1 Å². The van der Waals surface area contributed by atoms with Crippen molar-refractivity contribution in [2.75, 3.05) is 13.2 Å². The number of esters is 2. The predicted octanol–water partition coefficient (Wildman–Crippen LogP) is -1.67. The number of hydrogen-bond acceptors (Lipinski definition) is 7. The first-order chi connectivity index (χ1) is 11.5. The fourth-order valence-corrected chi connectivity index (χ4v) is 2.88. The van der Waals surface area contributed by atoms with E-state index in [4.69, 9.17) is 9.47 Å². The van der Waals surface area contributed by atoms with Gasteiger partial charge in [-0.15, -0.1) is 6.58 Å². The van der Waals surface area contributed by atoms with Gasteiger partial charge in [0, 0.05) is 12.8 Å². The minimum atomic E-state index is -1.12. The van der Waals surface area contributed by atoms with E-state index >= 15 is 0 Å². The Balaban J connectivity index is 2.31. The first-order valence-corrected chi connectivity index (χ1v) is 7.39. The Hall–Kier alpha value is -2.91. The van der Waals surface area contributed by atoms with Crippen LogP contribution in [0.1, 0.15) is 24.9 Å². The summed E-state index contributed by atoms with van der Waals surface area (Å²) in [7, 11) is 0. The topological polar surface area (TPSA) is 119 Å². The van der Waals surface area contributed by atoms with Crippen molar-refractivity contribution in [1.29, 1.82) is 0 Å². The van der Waals surface area contributed by atoms with Crippen molar-refractivity contribution in [2.24, 2.45) is 0 Å². The van der Waals surface area contributed by atoms with Crippen LogP contribution in [0.25, 0.3) is 0 Å². The maximum absolute atomic E-state index is 12.7. The van der Waals surface area contributed by atoms with E-state index in [1.165, 1.54) is 6.08 Å². The second kappa shape index (κ2) is 5.95. The molecule has 0 radical (unpaired) electrons. The fraction of sp³-hybridized carbons (Fsp3) is 0.500. The smallest absolute Gasteiger partial charge is 0.337 e. The first-order valence-electron chi connectivity index (χ1n) is 7.39. The number of carbonyl (C=O) groups is 2. The Bertz CT molecular complexity index is 827. The minimum absolute atomic E-state index is 0.0709. The molecule has 10 heteroatoms. The van der Waals surface area contributed by atoms with Crippen LogP contribution in [0.4, 0.5) is 0 Å². The molecule has 2 saturated heterocycles. The van der Waals surface area contributed by atoms with Crippen LogP contribution in [-0.2, 0) is 25.6 Å². The van der Waals surface area contributed by atoms with Gasteiger partial charge in [-0.05, 0) is 0 Å². The van der Waals surface area contributed by atoms with E-state index in [-0.39, 0.29) is 32.6 Å². The molecule has 0 bridgehead atoms. The zero-order chi connectivity index (χ0) is 17.4. The quantitative estimate of drug-likeness (QED) is 0.476. The number of rotatable bonds is 4. The lowest BCUT2D eigenvalue weighted by molar-refractivity contribution is -0.141. The van der Waals surface area contributed by atoms with Gasteiger partial charge in [0.05, 0.1) is 19.8 Å². The van der Waals surface area contributed by atoms with Gasteiger partial charge in [-0.3, -0.25) is 0 Å². The molecule has 0 saturated carbocycles. The first kappa shape index (κ1) is 16.0. The molecule has 10 nitrogen and oxygen atoms in total. The van der Waals surface area contributed by atoms with Crippen LogP contribution in [0.3, 0.4) is 0 Å². The van der Waals surface area contributed by atoms with Gasteiger partial charge in [-0.2, -0.15) is 0 Å². The Morgan fingerprint density at radius 2 is 1.33 bits per heavy atom. The van der Waals surface area contributed by atoms with E-state index in [0.29, 0.717) is 9.13 Å². The van der Waals surface area contributed by atoms with Gasteiger partial charge in [-0.1, -0.05) is 6.08 Å². The molecule has 1 aromatic rings. The second-order valence-corrected chi connectivity index (χ2v) is 5.43. The Morgan fingerprint density at radius 1 is 0.875 bits per heavy atom. The van der Waals surface area contributed by atoms with Gasteiger partial charge < -0.3 is 9.47 Å². The van der Waals surface area contributed by atoms with E-state index in [0.717, 1.165) is 4.57 Å². The second-order valence-electron chi connectivity index (χ2n) is 5.43. The number of ether oxygens (including phenoxy) is 2. The maximum atomic E-state index is 12.7. The van der Waals surface area contributed by atoms with Gasteiger partial charge in [0.2, 0.25) is 0 Å². The molecule has 0 spiro atoms. The van der Waals surface area contributed by atoms with Crippen LogP contribution in [0.15, 0.2) is 27.0 Å². The minimum Gasteiger partial charge on any atom is -0.464 e. The third kappa shape index (κ3) is 2.30. The molecule has 2 aliphatic rings. The van der Waals surface area contributed by atoms with E-state index in [2.05, 4.69) is 6.58 Å². The summed E-state index contributed by atoms with van der Waals surface area (Å²) in [4.78, 5) is 61.4.